The molecule has 1 N–H and O–H groups in total. The van der Waals surface area contributed by atoms with Crippen LogP contribution in [0.3, 0.4) is 0 Å². The van der Waals surface area contributed by atoms with E-state index in [1.807, 2.05) is 16.9 Å². The van der Waals surface area contributed by atoms with E-state index in [9.17, 15) is 4.79 Å². The van der Waals surface area contributed by atoms with Crippen LogP contribution in [0, 0.1) is 5.92 Å². The molecule has 1 saturated heterocycles. The van der Waals surface area contributed by atoms with Crippen molar-refractivity contribution in [3.8, 4) is 11.3 Å². The zero-order valence-corrected chi connectivity index (χ0v) is 16.3. The van der Waals surface area contributed by atoms with Crippen LogP contribution in [0.5, 0.6) is 0 Å². The molecule has 0 aromatic carbocycles. The van der Waals surface area contributed by atoms with Crippen LogP contribution < -0.4 is 5.32 Å². The van der Waals surface area contributed by atoms with Gasteiger partial charge in [-0.05, 0) is 42.5 Å². The SMILES string of the molecule is O=C(Nc1ccc(Cl)cn1)C1CCN(Cn2ccc(-c3ccsc3)n2)CC1. The number of rotatable bonds is 5. The molecular formula is C19H20ClN5OS. The molecule has 1 amide bonds. The van der Waals surface area contributed by atoms with Gasteiger partial charge in [0.2, 0.25) is 5.91 Å². The van der Waals surface area contributed by atoms with Crippen LogP contribution >= 0.6 is 22.9 Å². The molecule has 8 heteroatoms. The van der Waals surface area contributed by atoms with Gasteiger partial charge in [0.1, 0.15) is 5.82 Å². The van der Waals surface area contributed by atoms with Crippen LogP contribution in [-0.2, 0) is 11.5 Å². The van der Waals surface area contributed by atoms with Crippen LogP contribution in [0.15, 0.2) is 47.4 Å². The summed E-state index contributed by atoms with van der Waals surface area (Å²) in [4.78, 5) is 18.9. The van der Waals surface area contributed by atoms with E-state index in [1.54, 1.807) is 23.5 Å². The minimum Gasteiger partial charge on any atom is -0.310 e. The Bertz CT molecular complexity index is 885. The largest absolute Gasteiger partial charge is 0.310 e. The summed E-state index contributed by atoms with van der Waals surface area (Å²) >= 11 is 7.50. The molecule has 4 rings (SSSR count). The summed E-state index contributed by atoms with van der Waals surface area (Å²) in [6, 6.07) is 7.57. The number of aromatic nitrogens is 3. The van der Waals surface area contributed by atoms with E-state index in [0.717, 1.165) is 43.9 Å². The maximum atomic E-state index is 12.4. The monoisotopic (exact) mass is 401 g/mol. The number of halogens is 1. The lowest BCUT2D eigenvalue weighted by Gasteiger charge is -2.30. The third-order valence-corrected chi connectivity index (χ3v) is 5.65. The number of pyridine rings is 1. The van der Waals surface area contributed by atoms with Gasteiger partial charge >= 0.3 is 0 Å². The summed E-state index contributed by atoms with van der Waals surface area (Å²) in [6.07, 6.45) is 5.21. The normalized spacial score (nSPS) is 15.7. The number of nitrogens with zero attached hydrogens (tertiary/aromatic N) is 4. The Balaban J connectivity index is 1.27. The van der Waals surface area contributed by atoms with E-state index in [0.29, 0.717) is 10.8 Å². The fourth-order valence-electron chi connectivity index (χ4n) is 3.22. The number of piperidine rings is 1. The van der Waals surface area contributed by atoms with Crippen LogP contribution in [0.25, 0.3) is 11.3 Å². The molecule has 140 valence electrons. The standard InChI is InChI=1S/C19H20ClN5OS/c20-16-1-2-18(21-11-16)22-19(26)14-3-7-24(8-4-14)13-25-9-5-17(23-25)15-6-10-27-12-15/h1-2,5-6,9-12,14H,3-4,7-8,13H2,(H,21,22,26). The Morgan fingerprint density at radius 1 is 1.26 bits per heavy atom. The molecule has 4 heterocycles. The second kappa shape index (κ2) is 8.21. The topological polar surface area (TPSA) is 63.1 Å². The Hall–Kier alpha value is -2.22. The predicted molar refractivity (Wildman–Crippen MR) is 108 cm³/mol. The zero-order chi connectivity index (χ0) is 18.6. The summed E-state index contributed by atoms with van der Waals surface area (Å²) in [5, 5.41) is 12.2. The fourth-order valence-corrected chi connectivity index (χ4v) is 3.99. The molecular weight excluding hydrogens is 382 g/mol. The van der Waals surface area contributed by atoms with Crippen molar-refractivity contribution >= 4 is 34.7 Å². The molecule has 0 radical (unpaired) electrons. The Morgan fingerprint density at radius 3 is 2.81 bits per heavy atom. The lowest BCUT2D eigenvalue weighted by Crippen LogP contribution is -2.39. The average molecular weight is 402 g/mol. The summed E-state index contributed by atoms with van der Waals surface area (Å²) in [6.45, 7) is 2.50. The predicted octanol–water partition coefficient (Wildman–Crippen LogP) is 3.97. The number of amides is 1. The van der Waals surface area contributed by atoms with Crippen molar-refractivity contribution < 1.29 is 4.79 Å². The van der Waals surface area contributed by atoms with Gasteiger partial charge in [-0.1, -0.05) is 11.6 Å². The molecule has 0 unspecified atom stereocenters. The van der Waals surface area contributed by atoms with Crippen LogP contribution in [0.2, 0.25) is 5.02 Å². The van der Waals surface area contributed by atoms with Gasteiger partial charge in [0, 0.05) is 42.3 Å². The first-order chi connectivity index (χ1) is 13.2. The van der Waals surface area contributed by atoms with E-state index in [4.69, 9.17) is 11.6 Å². The quantitative estimate of drug-likeness (QED) is 0.702. The molecule has 1 aliphatic heterocycles. The highest BCUT2D eigenvalue weighted by atomic mass is 35.5. The average Bonchev–Trinajstić information content (AvgIpc) is 3.36. The van der Waals surface area contributed by atoms with E-state index in [2.05, 4.69) is 37.1 Å². The number of hydrogen-bond donors (Lipinski definition) is 1. The maximum absolute atomic E-state index is 12.4. The van der Waals surface area contributed by atoms with Crippen molar-refractivity contribution in [1.82, 2.24) is 19.7 Å². The molecule has 6 nitrogen and oxygen atoms in total. The summed E-state index contributed by atoms with van der Waals surface area (Å²) in [5.41, 5.74) is 2.16. The highest BCUT2D eigenvalue weighted by Gasteiger charge is 2.25. The van der Waals surface area contributed by atoms with Gasteiger partial charge in [0.25, 0.3) is 0 Å². The minimum atomic E-state index is 0.0118. The summed E-state index contributed by atoms with van der Waals surface area (Å²) in [5.74, 6) is 0.588. The molecule has 0 aliphatic carbocycles. The molecule has 27 heavy (non-hydrogen) atoms. The van der Waals surface area contributed by atoms with Gasteiger partial charge in [-0.2, -0.15) is 16.4 Å². The number of carbonyl (C=O) groups excluding carboxylic acids is 1. The Kier molecular flexibility index (Phi) is 5.52. The van der Waals surface area contributed by atoms with Crippen molar-refractivity contribution in [2.45, 2.75) is 19.5 Å². The van der Waals surface area contributed by atoms with E-state index >= 15 is 0 Å². The summed E-state index contributed by atoms with van der Waals surface area (Å²) < 4.78 is 1.96. The zero-order valence-electron chi connectivity index (χ0n) is 14.7. The molecule has 0 atom stereocenters. The second-order valence-electron chi connectivity index (χ2n) is 6.64. The number of nitrogens with one attached hydrogen (secondary N) is 1. The second-order valence-corrected chi connectivity index (χ2v) is 7.85. The van der Waals surface area contributed by atoms with Gasteiger partial charge in [0.15, 0.2) is 0 Å². The third kappa shape index (κ3) is 4.55. The van der Waals surface area contributed by atoms with Crippen LogP contribution in [0.4, 0.5) is 5.82 Å². The van der Waals surface area contributed by atoms with Crippen molar-refractivity contribution in [2.24, 2.45) is 5.92 Å². The number of likely N-dealkylation sites (tertiary alicyclic amines) is 1. The maximum Gasteiger partial charge on any atom is 0.228 e. The Morgan fingerprint density at radius 2 is 2.11 bits per heavy atom. The number of carbonyl (C=O) groups is 1. The smallest absolute Gasteiger partial charge is 0.228 e. The summed E-state index contributed by atoms with van der Waals surface area (Å²) in [7, 11) is 0. The third-order valence-electron chi connectivity index (χ3n) is 4.74. The van der Waals surface area contributed by atoms with Crippen LogP contribution in [-0.4, -0.2) is 38.7 Å². The minimum absolute atomic E-state index is 0.0118. The van der Waals surface area contributed by atoms with E-state index in [-0.39, 0.29) is 11.8 Å². The van der Waals surface area contributed by atoms with Gasteiger partial charge in [0.05, 0.1) is 17.4 Å². The van der Waals surface area contributed by atoms with E-state index < -0.39 is 0 Å². The van der Waals surface area contributed by atoms with Gasteiger partial charge < -0.3 is 5.32 Å². The number of anilines is 1. The van der Waals surface area contributed by atoms with Gasteiger partial charge in [-0.3, -0.25) is 14.4 Å². The van der Waals surface area contributed by atoms with Gasteiger partial charge in [-0.15, -0.1) is 0 Å². The molecule has 1 fully saturated rings. The van der Waals surface area contributed by atoms with Crippen LogP contribution in [0.1, 0.15) is 12.8 Å². The fraction of sp³-hybridized carbons (Fsp3) is 0.316. The first-order valence-corrected chi connectivity index (χ1v) is 10.2. The number of hydrogen-bond acceptors (Lipinski definition) is 5. The molecule has 1 aliphatic rings. The Labute approximate surface area is 166 Å². The first-order valence-electron chi connectivity index (χ1n) is 8.88. The van der Waals surface area contributed by atoms with E-state index in [1.165, 1.54) is 6.20 Å². The molecule has 0 spiro atoms. The lowest BCUT2D eigenvalue weighted by atomic mass is 9.96. The van der Waals surface area contributed by atoms with Gasteiger partial charge in [-0.25, -0.2) is 4.98 Å². The van der Waals surface area contributed by atoms with Crippen molar-refractivity contribution in [3.05, 3.63) is 52.4 Å². The van der Waals surface area contributed by atoms with Crippen molar-refractivity contribution in [3.63, 3.8) is 0 Å². The highest BCUT2D eigenvalue weighted by molar-refractivity contribution is 7.08. The molecule has 0 bridgehead atoms. The number of thiophene rings is 1. The highest BCUT2D eigenvalue weighted by Crippen LogP contribution is 2.22. The van der Waals surface area contributed by atoms with Crippen molar-refractivity contribution in [2.75, 3.05) is 18.4 Å². The molecule has 3 aromatic rings. The first kappa shape index (κ1) is 18.2. The molecule has 3 aromatic heterocycles. The molecule has 0 saturated carbocycles. The lowest BCUT2D eigenvalue weighted by molar-refractivity contribution is -0.121. The van der Waals surface area contributed by atoms with Crippen molar-refractivity contribution in [1.29, 1.82) is 0 Å².